The molecule has 0 N–H and O–H groups in total. The second-order valence-electron chi connectivity index (χ2n) is 10.6. The number of aromatic nitrogens is 2. The summed E-state index contributed by atoms with van der Waals surface area (Å²) < 4.78 is 31.8. The molecule has 2 fully saturated rings. The van der Waals surface area contributed by atoms with E-state index in [1.807, 2.05) is 13.1 Å². The summed E-state index contributed by atoms with van der Waals surface area (Å²) >= 11 is 3.18. The number of carbonyl (C=O) groups excluding carboxylic acids is 1. The van der Waals surface area contributed by atoms with E-state index in [1.54, 1.807) is 22.7 Å². The van der Waals surface area contributed by atoms with Gasteiger partial charge in [-0.3, -0.25) is 4.79 Å². The molecule has 35 heavy (non-hydrogen) atoms. The van der Waals surface area contributed by atoms with Crippen LogP contribution in [0.15, 0.2) is 6.20 Å². The van der Waals surface area contributed by atoms with Crippen LogP contribution in [0.1, 0.15) is 71.8 Å². The van der Waals surface area contributed by atoms with E-state index in [2.05, 4.69) is 14.9 Å². The van der Waals surface area contributed by atoms with Gasteiger partial charge in [-0.05, 0) is 51.0 Å². The molecule has 2 saturated carbocycles. The summed E-state index contributed by atoms with van der Waals surface area (Å²) in [7, 11) is 0. The number of carbonyl (C=O) groups is 1. The van der Waals surface area contributed by atoms with Gasteiger partial charge in [-0.15, -0.1) is 11.3 Å². The first kappa shape index (κ1) is 25.2. The molecule has 0 aromatic carbocycles. The van der Waals surface area contributed by atoms with Crippen molar-refractivity contribution in [3.05, 3.63) is 26.7 Å². The molecule has 1 aliphatic heterocycles. The Labute approximate surface area is 214 Å². The Hall–Kier alpha value is -1.45. The van der Waals surface area contributed by atoms with Gasteiger partial charge >= 0.3 is 0 Å². The SMILES string of the molecule is Cc1ncc(CC(=O)CC2CCC(CCN3CCc4nc(OC5CC(F)(F)C5)sc4CC3)CC2)s1. The fourth-order valence-electron chi connectivity index (χ4n) is 5.66. The minimum atomic E-state index is -2.56. The first-order chi connectivity index (χ1) is 16.8. The maximum Gasteiger partial charge on any atom is 0.273 e. The number of alkyl halides is 2. The van der Waals surface area contributed by atoms with Crippen molar-refractivity contribution in [1.82, 2.24) is 14.9 Å². The Kier molecular flexibility index (Phi) is 7.84. The number of halogens is 2. The zero-order chi connectivity index (χ0) is 24.4. The molecule has 5 rings (SSSR count). The molecule has 192 valence electrons. The highest BCUT2D eigenvalue weighted by Gasteiger charge is 2.47. The maximum absolute atomic E-state index is 13.0. The molecule has 0 amide bonds. The van der Waals surface area contributed by atoms with Gasteiger partial charge in [0.2, 0.25) is 0 Å². The summed E-state index contributed by atoms with van der Waals surface area (Å²) in [6, 6.07) is 0. The second-order valence-corrected chi connectivity index (χ2v) is 13.0. The Bertz CT molecular complexity index is 983. The van der Waals surface area contributed by atoms with Crippen molar-refractivity contribution in [2.24, 2.45) is 11.8 Å². The summed E-state index contributed by atoms with van der Waals surface area (Å²) in [5.41, 5.74) is 1.09. The number of fused-ring (bicyclic) bond motifs is 1. The highest BCUT2D eigenvalue weighted by Crippen LogP contribution is 2.41. The number of Topliss-reactive ketones (excluding diaryl/α,β-unsaturated/α-hetero) is 1. The predicted molar refractivity (Wildman–Crippen MR) is 135 cm³/mol. The molecule has 3 heterocycles. The first-order valence-electron chi connectivity index (χ1n) is 13.0. The van der Waals surface area contributed by atoms with Crippen molar-refractivity contribution in [2.75, 3.05) is 19.6 Å². The fraction of sp³-hybridized carbons (Fsp3) is 0.731. The summed E-state index contributed by atoms with van der Waals surface area (Å²) in [6.07, 6.45) is 10.3. The van der Waals surface area contributed by atoms with Crippen LogP contribution in [0.5, 0.6) is 5.19 Å². The van der Waals surface area contributed by atoms with E-state index < -0.39 is 5.92 Å². The van der Waals surface area contributed by atoms with Gasteiger partial charge < -0.3 is 9.64 Å². The molecule has 2 aromatic rings. The van der Waals surface area contributed by atoms with Crippen LogP contribution >= 0.6 is 22.7 Å². The number of aryl methyl sites for hydroxylation is 1. The molecule has 0 saturated heterocycles. The Morgan fingerprint density at radius 1 is 1.14 bits per heavy atom. The van der Waals surface area contributed by atoms with E-state index in [9.17, 15) is 13.6 Å². The third-order valence-corrected chi connectivity index (χ3v) is 9.74. The molecule has 0 unspecified atom stereocenters. The number of ketones is 1. The first-order valence-corrected chi connectivity index (χ1v) is 14.6. The lowest BCUT2D eigenvalue weighted by atomic mass is 9.78. The van der Waals surface area contributed by atoms with Crippen molar-refractivity contribution in [1.29, 1.82) is 0 Å². The van der Waals surface area contributed by atoms with E-state index >= 15 is 0 Å². The number of hydrogen-bond acceptors (Lipinski definition) is 7. The molecule has 9 heteroatoms. The molecule has 0 bridgehead atoms. The van der Waals surface area contributed by atoms with E-state index in [0.717, 1.165) is 60.4 Å². The maximum atomic E-state index is 13.0. The van der Waals surface area contributed by atoms with Crippen LogP contribution in [0.2, 0.25) is 0 Å². The average Bonchev–Trinajstić information content (AvgIpc) is 3.32. The third-order valence-electron chi connectivity index (χ3n) is 7.78. The summed E-state index contributed by atoms with van der Waals surface area (Å²) in [5, 5.41) is 1.60. The van der Waals surface area contributed by atoms with E-state index in [0.29, 0.717) is 23.3 Å². The van der Waals surface area contributed by atoms with Crippen molar-refractivity contribution in [2.45, 2.75) is 89.6 Å². The Morgan fingerprint density at radius 3 is 2.60 bits per heavy atom. The monoisotopic (exact) mass is 523 g/mol. The van der Waals surface area contributed by atoms with Crippen LogP contribution in [-0.2, 0) is 24.1 Å². The Morgan fingerprint density at radius 2 is 1.89 bits per heavy atom. The van der Waals surface area contributed by atoms with Gasteiger partial charge in [-0.1, -0.05) is 24.2 Å². The molecule has 5 nitrogen and oxygen atoms in total. The normalized spacial score (nSPS) is 25.0. The molecular weight excluding hydrogens is 488 g/mol. The van der Waals surface area contributed by atoms with E-state index in [4.69, 9.17) is 4.74 Å². The molecule has 0 radical (unpaired) electrons. The minimum absolute atomic E-state index is 0.185. The second kappa shape index (κ2) is 10.9. The summed E-state index contributed by atoms with van der Waals surface area (Å²) in [5.74, 6) is -0.878. The van der Waals surface area contributed by atoms with Gasteiger partial charge in [0, 0.05) is 61.1 Å². The van der Waals surface area contributed by atoms with Gasteiger partial charge in [-0.25, -0.2) is 18.7 Å². The topological polar surface area (TPSA) is 55.3 Å². The molecule has 2 aromatic heterocycles. The Balaban J connectivity index is 0.987. The van der Waals surface area contributed by atoms with Crippen LogP contribution < -0.4 is 4.74 Å². The molecule has 2 aliphatic carbocycles. The summed E-state index contributed by atoms with van der Waals surface area (Å²) in [6.45, 7) is 5.13. The molecule has 0 spiro atoms. The van der Waals surface area contributed by atoms with Gasteiger partial charge in [0.05, 0.1) is 10.7 Å². The standard InChI is InChI=1S/C26H35F2N3O2S2/c1-17-29-16-22(34-17)13-20(32)12-19-4-2-18(3-5-19)6-9-31-10-7-23-24(8-11-31)35-25(30-23)33-21-14-26(27,28)15-21/h16,18-19,21H,2-15H2,1H3. The number of hydrogen-bond donors (Lipinski definition) is 0. The minimum Gasteiger partial charge on any atom is -0.466 e. The summed E-state index contributed by atoms with van der Waals surface area (Å²) in [4.78, 5) is 26.2. The molecule has 0 atom stereocenters. The third kappa shape index (κ3) is 6.86. The number of thiazole rings is 2. The van der Waals surface area contributed by atoms with Crippen molar-refractivity contribution in [3.63, 3.8) is 0 Å². The average molecular weight is 524 g/mol. The van der Waals surface area contributed by atoms with Crippen molar-refractivity contribution in [3.8, 4) is 5.19 Å². The number of rotatable bonds is 9. The van der Waals surface area contributed by atoms with Crippen LogP contribution in [0.4, 0.5) is 8.78 Å². The quantitative estimate of drug-likeness (QED) is 0.411. The number of nitrogens with zero attached hydrogens (tertiary/aromatic N) is 3. The zero-order valence-electron chi connectivity index (χ0n) is 20.4. The van der Waals surface area contributed by atoms with Gasteiger partial charge in [0.15, 0.2) is 0 Å². The highest BCUT2D eigenvalue weighted by molar-refractivity contribution is 7.13. The van der Waals surface area contributed by atoms with Crippen LogP contribution in [0.3, 0.4) is 0 Å². The predicted octanol–water partition coefficient (Wildman–Crippen LogP) is 5.88. The van der Waals surface area contributed by atoms with Gasteiger partial charge in [0.1, 0.15) is 11.9 Å². The van der Waals surface area contributed by atoms with E-state index in [1.165, 1.54) is 37.0 Å². The molecule has 3 aliphatic rings. The molecular formula is C26H35F2N3O2S2. The van der Waals surface area contributed by atoms with Crippen LogP contribution in [0, 0.1) is 18.8 Å². The van der Waals surface area contributed by atoms with Crippen molar-refractivity contribution < 1.29 is 18.3 Å². The van der Waals surface area contributed by atoms with Crippen molar-refractivity contribution >= 4 is 28.5 Å². The lowest BCUT2D eigenvalue weighted by Gasteiger charge is -2.33. The highest BCUT2D eigenvalue weighted by atomic mass is 32.1. The smallest absolute Gasteiger partial charge is 0.273 e. The lowest BCUT2D eigenvalue weighted by Crippen LogP contribution is -2.43. The van der Waals surface area contributed by atoms with Crippen LogP contribution in [0.25, 0.3) is 0 Å². The largest absolute Gasteiger partial charge is 0.466 e. The van der Waals surface area contributed by atoms with E-state index in [-0.39, 0.29) is 18.9 Å². The zero-order valence-corrected chi connectivity index (χ0v) is 22.1. The van der Waals surface area contributed by atoms with Crippen LogP contribution in [-0.4, -0.2) is 52.3 Å². The van der Waals surface area contributed by atoms with Gasteiger partial charge in [0.25, 0.3) is 11.1 Å². The fourth-order valence-corrected chi connectivity index (χ4v) is 7.49. The van der Waals surface area contributed by atoms with Gasteiger partial charge in [-0.2, -0.15) is 0 Å². The lowest BCUT2D eigenvalue weighted by molar-refractivity contribution is -0.134. The number of ether oxygens (including phenoxy) is 1.